The molecule has 1 rings (SSSR count). The van der Waals surface area contributed by atoms with Crippen molar-refractivity contribution in [2.45, 2.75) is 6.42 Å². The van der Waals surface area contributed by atoms with Gasteiger partial charge in [-0.15, -0.1) is 0 Å². The molecule has 0 aliphatic rings. The smallest absolute Gasteiger partial charge is 0.336 e. The van der Waals surface area contributed by atoms with Crippen molar-refractivity contribution in [1.29, 1.82) is 0 Å². The maximum atomic E-state index is 10.8. The monoisotopic (exact) mass is 224 g/mol. The van der Waals surface area contributed by atoms with Gasteiger partial charge in [-0.2, -0.15) is 0 Å². The second-order valence-electron chi connectivity index (χ2n) is 2.84. The van der Waals surface area contributed by atoms with Crippen molar-refractivity contribution >= 4 is 29.9 Å². The van der Waals surface area contributed by atoms with Crippen LogP contribution in [0.2, 0.25) is 5.02 Å². The number of aromatic carboxylic acids is 1. The fourth-order valence-corrected chi connectivity index (χ4v) is 1.28. The first-order valence-corrected chi connectivity index (χ1v) is 4.66. The van der Waals surface area contributed by atoms with Crippen molar-refractivity contribution < 1.29 is 14.7 Å². The minimum absolute atomic E-state index is 0.129. The fourth-order valence-electron chi connectivity index (χ4n) is 1.11. The molecule has 0 fully saturated rings. The molecule has 4 heteroatoms. The highest BCUT2D eigenvalue weighted by molar-refractivity contribution is 6.31. The summed E-state index contributed by atoms with van der Waals surface area (Å²) in [4.78, 5) is 20.9. The van der Waals surface area contributed by atoms with Gasteiger partial charge in [-0.25, -0.2) is 4.79 Å². The Bertz CT molecular complexity index is 410. The third-order valence-electron chi connectivity index (χ3n) is 1.78. The number of halogens is 1. The predicted octanol–water partition coefficient (Wildman–Crippen LogP) is 2.64. The number of carbonyl (C=O) groups is 2. The summed E-state index contributed by atoms with van der Waals surface area (Å²) in [6.45, 7) is 0. The molecule has 0 aromatic heterocycles. The van der Waals surface area contributed by atoms with Crippen LogP contribution in [-0.4, -0.2) is 17.4 Å². The van der Waals surface area contributed by atoms with Crippen LogP contribution in [0.3, 0.4) is 0 Å². The average Bonchev–Trinajstić information content (AvgIpc) is 2.20. The molecule has 78 valence electrons. The maximum Gasteiger partial charge on any atom is 0.336 e. The van der Waals surface area contributed by atoms with E-state index in [1.807, 2.05) is 0 Å². The molecule has 0 unspecified atom stereocenters. The molecule has 0 saturated carbocycles. The lowest BCUT2D eigenvalue weighted by molar-refractivity contribution is -0.107. The quantitative estimate of drug-likeness (QED) is 0.800. The molecule has 0 aliphatic heterocycles. The molecule has 3 nitrogen and oxygen atoms in total. The summed E-state index contributed by atoms with van der Waals surface area (Å²) in [5.41, 5.74) is 0.665. The van der Waals surface area contributed by atoms with E-state index in [1.54, 1.807) is 24.3 Å². The number of rotatable bonds is 4. The number of benzene rings is 1. The van der Waals surface area contributed by atoms with E-state index >= 15 is 0 Å². The first-order chi connectivity index (χ1) is 7.15. The van der Waals surface area contributed by atoms with Crippen LogP contribution in [0.15, 0.2) is 24.3 Å². The molecular formula is C11H9ClO3. The SMILES string of the molecule is O=CCC=Cc1ccc(Cl)cc1C(=O)O. The molecule has 1 aromatic carbocycles. The molecule has 15 heavy (non-hydrogen) atoms. The molecule has 1 aromatic rings. The van der Waals surface area contributed by atoms with E-state index in [4.69, 9.17) is 16.7 Å². The van der Waals surface area contributed by atoms with E-state index < -0.39 is 5.97 Å². The van der Waals surface area contributed by atoms with Gasteiger partial charge in [0.25, 0.3) is 0 Å². The van der Waals surface area contributed by atoms with Crippen molar-refractivity contribution in [2.24, 2.45) is 0 Å². The van der Waals surface area contributed by atoms with Gasteiger partial charge in [0.1, 0.15) is 6.29 Å². The Morgan fingerprint density at radius 1 is 1.47 bits per heavy atom. The number of carboxylic acids is 1. The van der Waals surface area contributed by atoms with E-state index in [0.29, 0.717) is 10.6 Å². The summed E-state index contributed by atoms with van der Waals surface area (Å²) in [7, 11) is 0. The van der Waals surface area contributed by atoms with E-state index in [9.17, 15) is 9.59 Å². The third-order valence-corrected chi connectivity index (χ3v) is 2.01. The summed E-state index contributed by atoms with van der Waals surface area (Å²) >= 11 is 5.68. The summed E-state index contributed by atoms with van der Waals surface area (Å²) < 4.78 is 0. The lowest BCUT2D eigenvalue weighted by Crippen LogP contribution is -1.99. The van der Waals surface area contributed by atoms with Crippen LogP contribution < -0.4 is 0 Å². The summed E-state index contributed by atoms with van der Waals surface area (Å²) in [5, 5.41) is 9.26. The van der Waals surface area contributed by atoms with E-state index in [1.165, 1.54) is 6.07 Å². The Balaban J connectivity index is 3.05. The molecule has 0 amide bonds. The molecule has 0 atom stereocenters. The Hall–Kier alpha value is -1.61. The molecule has 0 spiro atoms. The van der Waals surface area contributed by atoms with Crippen LogP contribution in [0.25, 0.3) is 6.08 Å². The van der Waals surface area contributed by atoms with Crippen molar-refractivity contribution in [3.05, 3.63) is 40.4 Å². The minimum Gasteiger partial charge on any atom is -0.478 e. The van der Waals surface area contributed by atoms with Crippen molar-refractivity contribution in [3.8, 4) is 0 Å². The highest BCUT2D eigenvalue weighted by Gasteiger charge is 2.07. The number of carbonyl (C=O) groups excluding carboxylic acids is 1. The second kappa shape index (κ2) is 5.32. The topological polar surface area (TPSA) is 54.4 Å². The fraction of sp³-hybridized carbons (Fsp3) is 0.0909. The van der Waals surface area contributed by atoms with Crippen molar-refractivity contribution in [1.82, 2.24) is 0 Å². The summed E-state index contributed by atoms with van der Waals surface area (Å²) in [6.07, 6.45) is 4.20. The first kappa shape index (κ1) is 11.5. The van der Waals surface area contributed by atoms with Crippen LogP contribution in [0.1, 0.15) is 22.3 Å². The van der Waals surface area contributed by atoms with E-state index in [2.05, 4.69) is 0 Å². The molecule has 0 bridgehead atoms. The summed E-state index contributed by atoms with van der Waals surface area (Å²) in [5.74, 6) is -1.04. The molecule has 0 radical (unpaired) electrons. The van der Waals surface area contributed by atoms with Crippen LogP contribution in [0.4, 0.5) is 0 Å². The molecule has 0 heterocycles. The second-order valence-corrected chi connectivity index (χ2v) is 3.28. The van der Waals surface area contributed by atoms with Crippen molar-refractivity contribution in [2.75, 3.05) is 0 Å². The average molecular weight is 225 g/mol. The predicted molar refractivity (Wildman–Crippen MR) is 58.1 cm³/mol. The maximum absolute atomic E-state index is 10.8. The third kappa shape index (κ3) is 3.22. The van der Waals surface area contributed by atoms with Crippen molar-refractivity contribution in [3.63, 3.8) is 0 Å². The number of allylic oxidation sites excluding steroid dienone is 1. The summed E-state index contributed by atoms with van der Waals surface area (Å²) in [6, 6.07) is 4.59. The van der Waals surface area contributed by atoms with Crippen LogP contribution in [0, 0.1) is 0 Å². The van der Waals surface area contributed by atoms with Gasteiger partial charge in [-0.1, -0.05) is 29.8 Å². The van der Waals surface area contributed by atoms with E-state index in [0.717, 1.165) is 6.29 Å². The Kier molecular flexibility index (Phi) is 4.06. The Morgan fingerprint density at radius 2 is 2.20 bits per heavy atom. The number of aldehydes is 1. The first-order valence-electron chi connectivity index (χ1n) is 4.28. The zero-order valence-electron chi connectivity index (χ0n) is 7.81. The standard InChI is InChI=1S/C11H9ClO3/c12-9-5-4-8(3-1-2-6-13)10(7-9)11(14)15/h1,3-7H,2H2,(H,14,15). The zero-order valence-corrected chi connectivity index (χ0v) is 8.57. The van der Waals surface area contributed by atoms with Gasteiger partial charge < -0.3 is 9.90 Å². The van der Waals surface area contributed by atoms with Gasteiger partial charge in [0.05, 0.1) is 5.56 Å². The van der Waals surface area contributed by atoms with Crippen LogP contribution in [0.5, 0.6) is 0 Å². The highest BCUT2D eigenvalue weighted by atomic mass is 35.5. The Labute approximate surface area is 92.0 Å². The number of hydrogen-bond acceptors (Lipinski definition) is 2. The Morgan fingerprint density at radius 3 is 2.80 bits per heavy atom. The van der Waals surface area contributed by atoms with Crippen LogP contribution in [-0.2, 0) is 4.79 Å². The molecule has 1 N–H and O–H groups in total. The van der Waals surface area contributed by atoms with Gasteiger partial charge in [0.15, 0.2) is 0 Å². The molecular weight excluding hydrogens is 216 g/mol. The van der Waals surface area contributed by atoms with Gasteiger partial charge >= 0.3 is 5.97 Å². The lowest BCUT2D eigenvalue weighted by Gasteiger charge is -2.01. The molecule has 0 aliphatic carbocycles. The van der Waals surface area contributed by atoms with Crippen LogP contribution >= 0.6 is 11.6 Å². The highest BCUT2D eigenvalue weighted by Crippen LogP contribution is 2.17. The largest absolute Gasteiger partial charge is 0.478 e. The minimum atomic E-state index is -1.04. The molecule has 0 saturated heterocycles. The zero-order chi connectivity index (χ0) is 11.3. The number of carboxylic acid groups (broad SMARTS) is 1. The van der Waals surface area contributed by atoms with Gasteiger partial charge in [0, 0.05) is 11.4 Å². The lowest BCUT2D eigenvalue weighted by atomic mass is 10.1. The van der Waals surface area contributed by atoms with E-state index in [-0.39, 0.29) is 12.0 Å². The van der Waals surface area contributed by atoms with Gasteiger partial charge in [-0.3, -0.25) is 0 Å². The van der Waals surface area contributed by atoms with Gasteiger partial charge in [-0.05, 0) is 17.7 Å². The van der Waals surface area contributed by atoms with Gasteiger partial charge in [0.2, 0.25) is 0 Å². The number of hydrogen-bond donors (Lipinski definition) is 1. The normalized spacial score (nSPS) is 10.5.